The Balaban J connectivity index is 2.60. The molecule has 0 aromatic carbocycles. The Morgan fingerprint density at radius 2 is 1.44 bits per heavy atom. The van der Waals surface area contributed by atoms with Gasteiger partial charge in [0.1, 0.15) is 13.1 Å². The van der Waals surface area contributed by atoms with Gasteiger partial charge in [0.25, 0.3) is 0 Å². The highest BCUT2D eigenvalue weighted by atomic mass is 16.5. The molecule has 1 radical (unpaired) electrons. The first-order valence-electron chi connectivity index (χ1n) is 3.10. The summed E-state index contributed by atoms with van der Waals surface area (Å²) < 4.78 is 9.64. The van der Waals surface area contributed by atoms with Crippen LogP contribution in [-0.2, 0) is 9.47 Å². The summed E-state index contributed by atoms with van der Waals surface area (Å²) in [6, 6.07) is 0. The first-order chi connectivity index (χ1) is 4.41. The smallest absolute Gasteiger partial charge is 0.144 e. The fraction of sp³-hybridized carbons (Fsp3) is 1.00. The Kier molecular flexibility index (Phi) is 7.77. The van der Waals surface area contributed by atoms with E-state index >= 15 is 0 Å². The van der Waals surface area contributed by atoms with Crippen LogP contribution < -0.4 is 5.32 Å². The summed E-state index contributed by atoms with van der Waals surface area (Å²) in [7, 11) is 3.38. The first kappa shape index (κ1) is 8.88. The third-order valence-corrected chi connectivity index (χ3v) is 0.966. The van der Waals surface area contributed by atoms with Crippen LogP contribution in [0.2, 0.25) is 0 Å². The zero-order valence-electron chi connectivity index (χ0n) is 6.14. The SMILES string of the molecule is COCC[NH+]CCOC. The van der Waals surface area contributed by atoms with Crippen molar-refractivity contribution in [2.45, 2.75) is 0 Å². The van der Waals surface area contributed by atoms with Gasteiger partial charge in [-0.25, -0.2) is 0 Å². The van der Waals surface area contributed by atoms with E-state index in [0.717, 1.165) is 26.3 Å². The van der Waals surface area contributed by atoms with Crippen LogP contribution in [0.25, 0.3) is 0 Å². The van der Waals surface area contributed by atoms with Crippen LogP contribution in [0, 0.1) is 0 Å². The van der Waals surface area contributed by atoms with Crippen molar-refractivity contribution in [2.75, 3.05) is 40.5 Å². The van der Waals surface area contributed by atoms with E-state index in [1.54, 1.807) is 14.2 Å². The van der Waals surface area contributed by atoms with Gasteiger partial charge in [-0.3, -0.25) is 0 Å². The van der Waals surface area contributed by atoms with Crippen LogP contribution in [0.5, 0.6) is 0 Å². The molecular weight excluding hydrogens is 118 g/mol. The van der Waals surface area contributed by atoms with Crippen LogP contribution in [0.3, 0.4) is 0 Å². The molecule has 3 heteroatoms. The second kappa shape index (κ2) is 7.88. The molecule has 0 aromatic rings. The van der Waals surface area contributed by atoms with Crippen LogP contribution in [0.4, 0.5) is 0 Å². The molecule has 55 valence electrons. The molecule has 0 unspecified atom stereocenters. The molecule has 0 saturated heterocycles. The second-order valence-corrected chi connectivity index (χ2v) is 1.74. The van der Waals surface area contributed by atoms with Gasteiger partial charge < -0.3 is 9.47 Å². The van der Waals surface area contributed by atoms with Gasteiger partial charge in [0.15, 0.2) is 0 Å². The van der Waals surface area contributed by atoms with Gasteiger partial charge in [-0.15, -0.1) is 0 Å². The Morgan fingerprint density at radius 3 is 1.78 bits per heavy atom. The highest BCUT2D eigenvalue weighted by molar-refractivity contribution is 4.20. The maximum Gasteiger partial charge on any atom is 0.144 e. The lowest BCUT2D eigenvalue weighted by Gasteiger charge is -1.93. The van der Waals surface area contributed by atoms with Crippen molar-refractivity contribution < 1.29 is 14.8 Å². The van der Waals surface area contributed by atoms with Crippen molar-refractivity contribution in [3.63, 3.8) is 0 Å². The monoisotopic (exact) mass is 133 g/mol. The summed E-state index contributed by atoms with van der Waals surface area (Å²) in [6.07, 6.45) is 0. The minimum atomic E-state index is 0.768. The molecule has 0 aromatic heterocycles. The minimum absolute atomic E-state index is 0.768. The molecule has 1 N–H and O–H groups in total. The standard InChI is InChI=1S/C6H15NO2/c1-8-5-3-7-4-6-9-2/h7H,3-6H2,1-2H3/q+1. The van der Waals surface area contributed by atoms with Crippen molar-refractivity contribution in [3.05, 3.63) is 0 Å². The zero-order chi connectivity index (χ0) is 6.95. The van der Waals surface area contributed by atoms with E-state index in [2.05, 4.69) is 5.32 Å². The van der Waals surface area contributed by atoms with Gasteiger partial charge in [-0.1, -0.05) is 0 Å². The van der Waals surface area contributed by atoms with Gasteiger partial charge in [0.2, 0.25) is 0 Å². The van der Waals surface area contributed by atoms with E-state index in [4.69, 9.17) is 9.47 Å². The average Bonchev–Trinajstić information content (AvgIpc) is 1.89. The normalized spacial score (nSPS) is 10.0. The first-order valence-corrected chi connectivity index (χ1v) is 3.10. The Morgan fingerprint density at radius 1 is 1.00 bits per heavy atom. The van der Waals surface area contributed by atoms with E-state index in [1.165, 1.54) is 0 Å². The number of methoxy groups -OCH3 is 2. The fourth-order valence-corrected chi connectivity index (χ4v) is 0.473. The lowest BCUT2D eigenvalue weighted by molar-refractivity contribution is -0.657. The number of hydrogen-bond donors (Lipinski definition) is 1. The van der Waals surface area contributed by atoms with E-state index in [9.17, 15) is 0 Å². The molecule has 0 aliphatic carbocycles. The molecule has 0 bridgehead atoms. The largest absolute Gasteiger partial charge is 0.379 e. The lowest BCUT2D eigenvalue weighted by Crippen LogP contribution is -2.86. The molecule has 0 rings (SSSR count). The highest BCUT2D eigenvalue weighted by Crippen LogP contribution is 1.57. The van der Waals surface area contributed by atoms with Crippen molar-refractivity contribution >= 4 is 0 Å². The van der Waals surface area contributed by atoms with Gasteiger partial charge in [0, 0.05) is 14.2 Å². The number of rotatable bonds is 6. The third kappa shape index (κ3) is 7.88. The second-order valence-electron chi connectivity index (χ2n) is 1.74. The molecule has 0 aliphatic heterocycles. The Bertz CT molecular complexity index is 44.3. The van der Waals surface area contributed by atoms with Gasteiger partial charge >= 0.3 is 0 Å². The topological polar surface area (TPSA) is 34.1 Å². The molecule has 0 saturated carbocycles. The summed E-state index contributed by atoms with van der Waals surface area (Å²) in [5, 5.41) is 3.14. The zero-order valence-corrected chi connectivity index (χ0v) is 6.14. The van der Waals surface area contributed by atoms with Gasteiger partial charge in [-0.2, -0.15) is 5.32 Å². The summed E-state index contributed by atoms with van der Waals surface area (Å²) in [6.45, 7) is 3.34. The van der Waals surface area contributed by atoms with Crippen molar-refractivity contribution in [2.24, 2.45) is 0 Å². The number of ether oxygens (including phenoxy) is 2. The van der Waals surface area contributed by atoms with E-state index in [-0.39, 0.29) is 0 Å². The molecule has 0 atom stereocenters. The van der Waals surface area contributed by atoms with E-state index < -0.39 is 0 Å². The van der Waals surface area contributed by atoms with Crippen LogP contribution in [0.1, 0.15) is 0 Å². The predicted molar refractivity (Wildman–Crippen MR) is 34.4 cm³/mol. The quantitative estimate of drug-likeness (QED) is 0.453. The van der Waals surface area contributed by atoms with Gasteiger partial charge in [-0.05, 0) is 0 Å². The predicted octanol–water partition coefficient (Wildman–Crippen LogP) is -1.37. The van der Waals surface area contributed by atoms with Gasteiger partial charge in [0.05, 0.1) is 13.2 Å². The maximum atomic E-state index is 4.82. The van der Waals surface area contributed by atoms with Crippen molar-refractivity contribution in [3.8, 4) is 0 Å². The van der Waals surface area contributed by atoms with E-state index in [1.807, 2.05) is 0 Å². The molecule has 0 amide bonds. The molecular formula is C6H15NO2+. The summed E-state index contributed by atoms with van der Waals surface area (Å²) in [4.78, 5) is 0. The van der Waals surface area contributed by atoms with Crippen LogP contribution >= 0.6 is 0 Å². The third-order valence-electron chi connectivity index (χ3n) is 0.966. The molecule has 9 heavy (non-hydrogen) atoms. The highest BCUT2D eigenvalue weighted by Gasteiger charge is 1.91. The Hall–Kier alpha value is -0.120. The molecule has 0 fully saturated rings. The Labute approximate surface area is 56.3 Å². The molecule has 0 spiro atoms. The van der Waals surface area contributed by atoms with Crippen molar-refractivity contribution in [1.82, 2.24) is 0 Å². The maximum absolute atomic E-state index is 4.82. The summed E-state index contributed by atoms with van der Waals surface area (Å²) >= 11 is 0. The molecule has 3 nitrogen and oxygen atoms in total. The lowest BCUT2D eigenvalue weighted by atomic mass is 10.6. The number of nitrogens with one attached hydrogen (secondary N) is 1. The van der Waals surface area contributed by atoms with Crippen LogP contribution in [0.15, 0.2) is 0 Å². The van der Waals surface area contributed by atoms with Crippen molar-refractivity contribution in [1.29, 1.82) is 0 Å². The van der Waals surface area contributed by atoms with E-state index in [0.29, 0.717) is 0 Å². The van der Waals surface area contributed by atoms with Crippen LogP contribution in [-0.4, -0.2) is 40.5 Å². The fourth-order valence-electron chi connectivity index (χ4n) is 0.473. The summed E-state index contributed by atoms with van der Waals surface area (Å²) in [5.74, 6) is 0. The average molecular weight is 133 g/mol. The molecule has 0 heterocycles. The minimum Gasteiger partial charge on any atom is -0.379 e. The summed E-state index contributed by atoms with van der Waals surface area (Å²) in [5.41, 5.74) is 0. The molecule has 0 aliphatic rings. The number of hydrogen-bond acceptors (Lipinski definition) is 3.